The van der Waals surface area contributed by atoms with Gasteiger partial charge in [-0.25, -0.2) is 17.2 Å². The van der Waals surface area contributed by atoms with Gasteiger partial charge in [-0.15, -0.1) is 22.7 Å². The van der Waals surface area contributed by atoms with E-state index in [1.54, 1.807) is 22.7 Å². The highest BCUT2D eigenvalue weighted by Gasteiger charge is 2.54. The Labute approximate surface area is 176 Å². The van der Waals surface area contributed by atoms with Gasteiger partial charge in [0.05, 0.1) is 6.04 Å². The topological polar surface area (TPSA) is 57.6 Å². The van der Waals surface area contributed by atoms with Crippen molar-refractivity contribution < 1.29 is 22.3 Å². The average molecular weight is 456 g/mol. The highest BCUT2D eigenvalue weighted by atomic mass is 32.2. The van der Waals surface area contributed by atoms with Crippen molar-refractivity contribution in [2.24, 2.45) is 0 Å². The minimum Gasteiger partial charge on any atom is -0.385 e. The molecule has 29 heavy (non-hydrogen) atoms. The van der Waals surface area contributed by atoms with Crippen LogP contribution in [-0.4, -0.2) is 43.4 Å². The second-order valence-corrected chi connectivity index (χ2v) is 11.4. The van der Waals surface area contributed by atoms with Gasteiger partial charge in [-0.1, -0.05) is 12.1 Å². The first-order chi connectivity index (χ1) is 13.7. The minimum atomic E-state index is -3.83. The third-order valence-corrected chi connectivity index (χ3v) is 8.46. The zero-order valence-corrected chi connectivity index (χ0v) is 17.9. The number of hydrogen-bond donors (Lipinski definition) is 1. The Hall–Kier alpha value is -1.65. The van der Waals surface area contributed by atoms with Crippen LogP contribution in [0, 0.1) is 11.6 Å². The van der Waals surface area contributed by atoms with Crippen LogP contribution in [0.3, 0.4) is 0 Å². The molecule has 2 aromatic heterocycles. The fraction of sp³-hybridized carbons (Fsp3) is 0.300. The number of hydrogen-bond acceptors (Lipinski definition) is 6. The molecule has 4 nitrogen and oxygen atoms in total. The zero-order chi connectivity index (χ0) is 20.8. The molecule has 1 saturated heterocycles. The van der Waals surface area contributed by atoms with Crippen molar-refractivity contribution in [2.45, 2.75) is 16.9 Å². The van der Waals surface area contributed by atoms with Crippen molar-refractivity contribution in [2.75, 3.05) is 19.3 Å². The summed E-state index contributed by atoms with van der Waals surface area (Å²) < 4.78 is 52.5. The number of benzene rings is 1. The second-order valence-electron chi connectivity index (χ2n) is 7.35. The lowest BCUT2D eigenvalue weighted by atomic mass is 9.84. The van der Waals surface area contributed by atoms with Crippen molar-refractivity contribution in [3.05, 3.63) is 80.2 Å². The van der Waals surface area contributed by atoms with E-state index in [1.165, 1.54) is 0 Å². The lowest BCUT2D eigenvalue weighted by Gasteiger charge is -2.52. The molecular formula is C20H19F2NO3S3. The predicted molar refractivity (Wildman–Crippen MR) is 111 cm³/mol. The second kappa shape index (κ2) is 7.55. The van der Waals surface area contributed by atoms with Crippen LogP contribution in [0.25, 0.3) is 0 Å². The molecule has 4 rings (SSSR count). The maximum atomic E-state index is 13.7. The van der Waals surface area contributed by atoms with Gasteiger partial charge in [0.15, 0.2) is 9.84 Å². The van der Waals surface area contributed by atoms with Crippen LogP contribution in [0.4, 0.5) is 8.78 Å². The van der Waals surface area contributed by atoms with E-state index in [1.807, 2.05) is 39.9 Å². The summed E-state index contributed by atoms with van der Waals surface area (Å²) >= 11 is 3.17. The monoisotopic (exact) mass is 455 g/mol. The SMILES string of the molecule is CS(=O)(=O)C(c1cc(F)cc(F)c1)C1(O)CN(C(c2cccs2)c2cccs2)C1. The summed E-state index contributed by atoms with van der Waals surface area (Å²) in [6.45, 7) is 0.146. The molecule has 9 heteroatoms. The summed E-state index contributed by atoms with van der Waals surface area (Å²) in [5, 5.41) is 13.7. The van der Waals surface area contributed by atoms with E-state index in [0.29, 0.717) is 6.07 Å². The molecule has 154 valence electrons. The lowest BCUT2D eigenvalue weighted by Crippen LogP contribution is -2.66. The van der Waals surface area contributed by atoms with E-state index in [2.05, 4.69) is 0 Å². The van der Waals surface area contributed by atoms with Gasteiger partial charge in [-0.3, -0.25) is 4.90 Å². The minimum absolute atomic E-state index is 0.0728. The first kappa shape index (κ1) is 20.6. The quantitative estimate of drug-likeness (QED) is 0.610. The van der Waals surface area contributed by atoms with Gasteiger partial charge in [0.25, 0.3) is 0 Å². The van der Waals surface area contributed by atoms with Crippen molar-refractivity contribution in [3.8, 4) is 0 Å². The van der Waals surface area contributed by atoms with Crippen LogP contribution in [0.15, 0.2) is 53.2 Å². The van der Waals surface area contributed by atoms with Gasteiger partial charge in [-0.05, 0) is 40.6 Å². The van der Waals surface area contributed by atoms with Crippen LogP contribution >= 0.6 is 22.7 Å². The number of β-amino-alcohol motifs (C(OH)–C–C–N with tert-alkyl or cyclic N) is 1. The van der Waals surface area contributed by atoms with E-state index in [0.717, 1.165) is 28.1 Å². The Morgan fingerprint density at radius 3 is 1.97 bits per heavy atom. The molecule has 1 N–H and O–H groups in total. The maximum absolute atomic E-state index is 13.7. The van der Waals surface area contributed by atoms with Gasteiger partial charge in [-0.2, -0.15) is 0 Å². The third kappa shape index (κ3) is 4.02. The molecule has 1 fully saturated rings. The highest BCUT2D eigenvalue weighted by molar-refractivity contribution is 7.91. The molecule has 1 aliphatic heterocycles. The summed E-state index contributed by atoms with van der Waals surface area (Å²) in [7, 11) is -3.83. The van der Waals surface area contributed by atoms with Gasteiger partial charge >= 0.3 is 0 Å². The standard InChI is InChI=1S/C20H19F2NO3S3/c1-29(25,26)19(13-8-14(21)10-15(22)9-13)20(24)11-23(12-20)18(16-4-2-6-27-16)17-5-3-7-28-17/h2-10,18-19,24H,11-12H2,1H3. The number of nitrogens with zero attached hydrogens (tertiary/aromatic N) is 1. The Morgan fingerprint density at radius 1 is 1.03 bits per heavy atom. The smallest absolute Gasteiger partial charge is 0.157 e. The van der Waals surface area contributed by atoms with Crippen molar-refractivity contribution >= 4 is 32.5 Å². The summed E-state index contributed by atoms with van der Waals surface area (Å²) in [5.74, 6) is -1.74. The molecule has 1 aliphatic rings. The van der Waals surface area contributed by atoms with Crippen molar-refractivity contribution in [1.82, 2.24) is 4.90 Å². The molecular weight excluding hydrogens is 436 g/mol. The van der Waals surface area contributed by atoms with Crippen LogP contribution in [0.5, 0.6) is 0 Å². The van der Waals surface area contributed by atoms with Gasteiger partial charge < -0.3 is 5.11 Å². The summed E-state index contributed by atoms with van der Waals surface area (Å²) in [5.41, 5.74) is -1.71. The van der Waals surface area contributed by atoms with E-state index in [9.17, 15) is 22.3 Å². The van der Waals surface area contributed by atoms with E-state index < -0.39 is 32.3 Å². The van der Waals surface area contributed by atoms with Crippen LogP contribution in [0.1, 0.15) is 26.6 Å². The molecule has 0 spiro atoms. The maximum Gasteiger partial charge on any atom is 0.157 e. The Kier molecular flexibility index (Phi) is 5.37. The molecule has 3 aromatic rings. The van der Waals surface area contributed by atoms with Crippen LogP contribution in [0.2, 0.25) is 0 Å². The van der Waals surface area contributed by atoms with Gasteiger partial charge in [0.1, 0.15) is 22.5 Å². The molecule has 3 heterocycles. The first-order valence-corrected chi connectivity index (χ1v) is 12.6. The molecule has 0 radical (unpaired) electrons. The molecule has 1 aromatic carbocycles. The number of likely N-dealkylation sites (tertiary alicyclic amines) is 1. The number of thiophene rings is 2. The zero-order valence-electron chi connectivity index (χ0n) is 15.5. The van der Waals surface area contributed by atoms with Crippen molar-refractivity contribution in [1.29, 1.82) is 0 Å². The van der Waals surface area contributed by atoms with Gasteiger partial charge in [0, 0.05) is 35.2 Å². The number of halogens is 2. The predicted octanol–water partition coefficient (Wildman–Crippen LogP) is 4.01. The Bertz CT molecular complexity index is 1040. The van der Waals surface area contributed by atoms with Crippen LogP contribution < -0.4 is 0 Å². The Balaban J connectivity index is 1.67. The number of aliphatic hydroxyl groups is 1. The normalized spacial score (nSPS) is 18.0. The molecule has 0 bridgehead atoms. The molecule has 0 amide bonds. The van der Waals surface area contributed by atoms with Gasteiger partial charge in [0.2, 0.25) is 0 Å². The van der Waals surface area contributed by atoms with Crippen LogP contribution in [-0.2, 0) is 9.84 Å². The molecule has 1 atom stereocenters. The number of rotatable bonds is 6. The summed E-state index contributed by atoms with van der Waals surface area (Å²) in [6, 6.07) is 10.4. The largest absolute Gasteiger partial charge is 0.385 e. The fourth-order valence-electron chi connectivity index (χ4n) is 4.08. The summed E-state index contributed by atoms with van der Waals surface area (Å²) in [4.78, 5) is 4.16. The Morgan fingerprint density at radius 2 is 1.55 bits per heavy atom. The molecule has 0 aliphatic carbocycles. The molecule has 0 saturated carbocycles. The van der Waals surface area contributed by atoms with E-state index in [4.69, 9.17) is 0 Å². The fourth-order valence-corrected chi connectivity index (χ4v) is 7.49. The first-order valence-electron chi connectivity index (χ1n) is 8.85. The lowest BCUT2D eigenvalue weighted by molar-refractivity contribution is -0.111. The third-order valence-electron chi connectivity index (χ3n) is 5.05. The molecule has 1 unspecified atom stereocenters. The van der Waals surface area contributed by atoms with Crippen molar-refractivity contribution in [3.63, 3.8) is 0 Å². The van der Waals surface area contributed by atoms with E-state index >= 15 is 0 Å². The average Bonchev–Trinajstić information content (AvgIpc) is 3.25. The number of sulfone groups is 1. The van der Waals surface area contributed by atoms with E-state index in [-0.39, 0.29) is 24.7 Å². The highest BCUT2D eigenvalue weighted by Crippen LogP contribution is 2.46. The summed E-state index contributed by atoms with van der Waals surface area (Å²) in [6.07, 6.45) is 0.983.